The standard InChI is InChI=1S/C37H36Cl2FN7O6/c1-37(51)18-46(19-37)16-30-44-47-15-20(12-29(47)35(49)45(30)2)22-6-4-7-23(32(22)38)24-8-5-9-25(33(24)39)28-13-27(40)26(34(43-28)52-3)17-53-36(50)41-14-21-10-11-31(48)42-21/h4-9,12-13,15,21,51H,10-11,14,16-19H2,1-3H3,(H,41,50)(H,42,48). The zero-order valence-electron chi connectivity index (χ0n) is 29.1. The van der Waals surface area contributed by atoms with E-state index in [1.165, 1.54) is 17.7 Å². The molecule has 0 bridgehead atoms. The summed E-state index contributed by atoms with van der Waals surface area (Å²) in [6.07, 6.45) is 1.97. The number of carbonyl (C=O) groups is 2. The highest BCUT2D eigenvalue weighted by molar-refractivity contribution is 6.39. The minimum Gasteiger partial charge on any atom is -0.481 e. The molecule has 2 amide bonds. The highest BCUT2D eigenvalue weighted by Crippen LogP contribution is 2.43. The van der Waals surface area contributed by atoms with Gasteiger partial charge in [-0.15, -0.1) is 0 Å². The summed E-state index contributed by atoms with van der Waals surface area (Å²) in [5.74, 6) is -0.320. The summed E-state index contributed by atoms with van der Waals surface area (Å²) < 4.78 is 29.2. The highest BCUT2D eigenvalue weighted by Gasteiger charge is 2.37. The Morgan fingerprint density at radius 1 is 1.09 bits per heavy atom. The highest BCUT2D eigenvalue weighted by atomic mass is 35.5. The van der Waals surface area contributed by atoms with Crippen molar-refractivity contribution < 1.29 is 28.6 Å². The van der Waals surface area contributed by atoms with E-state index >= 15 is 4.39 Å². The smallest absolute Gasteiger partial charge is 0.407 e. The molecule has 1 unspecified atom stereocenters. The third-order valence-electron chi connectivity index (χ3n) is 9.45. The maximum absolute atomic E-state index is 15.6. The molecule has 13 nitrogen and oxygen atoms in total. The van der Waals surface area contributed by atoms with Crippen molar-refractivity contribution >= 4 is 40.7 Å². The number of β-amino-alcohol motifs (C(OH)–C–C–N with tert-alkyl or cyclic N) is 1. The van der Waals surface area contributed by atoms with E-state index in [-0.39, 0.29) is 46.2 Å². The molecule has 0 saturated carbocycles. The van der Waals surface area contributed by atoms with E-state index < -0.39 is 24.1 Å². The maximum atomic E-state index is 15.6. The fourth-order valence-corrected chi connectivity index (χ4v) is 7.43. The number of aliphatic hydroxyl groups is 1. The lowest BCUT2D eigenvalue weighted by atomic mass is 9.97. The van der Waals surface area contributed by atoms with E-state index in [1.54, 1.807) is 48.9 Å². The first-order chi connectivity index (χ1) is 25.3. The van der Waals surface area contributed by atoms with Gasteiger partial charge in [-0.3, -0.25) is 19.1 Å². The first-order valence-electron chi connectivity index (χ1n) is 16.9. The topological polar surface area (TPSA) is 152 Å². The Hall–Kier alpha value is -5.02. The molecule has 276 valence electrons. The second kappa shape index (κ2) is 14.4. The Morgan fingerprint density at radius 3 is 2.43 bits per heavy atom. The van der Waals surface area contributed by atoms with E-state index in [2.05, 4.69) is 15.6 Å². The number of amides is 2. The van der Waals surface area contributed by atoms with Gasteiger partial charge in [0.25, 0.3) is 5.56 Å². The number of nitrogens with zero attached hydrogens (tertiary/aromatic N) is 5. The zero-order chi connectivity index (χ0) is 37.6. The first-order valence-corrected chi connectivity index (χ1v) is 17.6. The first kappa shape index (κ1) is 36.3. The van der Waals surface area contributed by atoms with Crippen molar-refractivity contribution in [3.8, 4) is 39.4 Å². The van der Waals surface area contributed by atoms with Crippen LogP contribution < -0.4 is 20.9 Å². The normalized spacial score (nSPS) is 16.7. The van der Waals surface area contributed by atoms with Gasteiger partial charge in [-0.1, -0.05) is 59.6 Å². The minimum absolute atomic E-state index is 0.0614. The monoisotopic (exact) mass is 763 g/mol. The number of hydrogen-bond acceptors (Lipinski definition) is 9. The van der Waals surface area contributed by atoms with Crippen molar-refractivity contribution in [1.29, 1.82) is 0 Å². The number of nitrogens with one attached hydrogen (secondary N) is 2. The van der Waals surface area contributed by atoms with Crippen LogP contribution in [-0.2, 0) is 29.7 Å². The number of methoxy groups -OCH3 is 1. The van der Waals surface area contributed by atoms with Crippen LogP contribution in [0.1, 0.15) is 31.2 Å². The van der Waals surface area contributed by atoms with Gasteiger partial charge in [-0.05, 0) is 19.4 Å². The fraction of sp³-hybridized carbons (Fsp3) is 0.324. The quantitative estimate of drug-likeness (QED) is 0.179. The van der Waals surface area contributed by atoms with Crippen molar-refractivity contribution in [3.05, 3.63) is 92.3 Å². The van der Waals surface area contributed by atoms with Crippen LogP contribution in [0.3, 0.4) is 0 Å². The number of pyridine rings is 1. The van der Waals surface area contributed by atoms with Crippen LogP contribution in [0.15, 0.2) is 59.5 Å². The van der Waals surface area contributed by atoms with Crippen LogP contribution in [0.25, 0.3) is 39.0 Å². The van der Waals surface area contributed by atoms with Gasteiger partial charge in [0.2, 0.25) is 11.8 Å². The molecule has 7 rings (SSSR count). The lowest BCUT2D eigenvalue weighted by molar-refractivity contribution is -0.119. The molecule has 53 heavy (non-hydrogen) atoms. The number of halogens is 3. The average molecular weight is 765 g/mol. The zero-order valence-corrected chi connectivity index (χ0v) is 30.6. The summed E-state index contributed by atoms with van der Waals surface area (Å²) in [4.78, 5) is 43.5. The third kappa shape index (κ3) is 7.32. The van der Waals surface area contributed by atoms with Crippen molar-refractivity contribution in [2.45, 2.75) is 44.6 Å². The summed E-state index contributed by atoms with van der Waals surface area (Å²) in [7, 11) is 3.01. The molecule has 0 radical (unpaired) electrons. The number of rotatable bonds is 10. The summed E-state index contributed by atoms with van der Waals surface area (Å²) in [6, 6.07) is 13.4. The van der Waals surface area contributed by atoms with E-state index in [0.717, 1.165) is 0 Å². The molecule has 3 aromatic heterocycles. The lowest BCUT2D eigenvalue weighted by Gasteiger charge is -2.44. The molecule has 3 N–H and O–H groups in total. The molecule has 2 aliphatic rings. The number of carbonyl (C=O) groups excluding carboxylic acids is 2. The number of benzene rings is 2. The van der Waals surface area contributed by atoms with Crippen molar-refractivity contribution in [2.75, 3.05) is 26.7 Å². The Morgan fingerprint density at radius 2 is 1.77 bits per heavy atom. The van der Waals surface area contributed by atoms with E-state index in [4.69, 9.17) is 37.8 Å². The molecule has 0 spiro atoms. The Kier molecular flexibility index (Phi) is 9.89. The predicted molar refractivity (Wildman–Crippen MR) is 196 cm³/mol. The second-order valence-corrected chi connectivity index (χ2v) is 14.3. The fourth-order valence-electron chi connectivity index (χ4n) is 6.77. The predicted octanol–water partition coefficient (Wildman–Crippen LogP) is 4.95. The van der Waals surface area contributed by atoms with Gasteiger partial charge in [0.1, 0.15) is 23.8 Å². The number of fused-ring (bicyclic) bond motifs is 1. The molecule has 2 aliphatic heterocycles. The molecule has 16 heteroatoms. The number of alkyl carbamates (subject to hydrolysis) is 1. The van der Waals surface area contributed by atoms with Crippen molar-refractivity contribution in [1.82, 2.24) is 34.7 Å². The molecule has 5 heterocycles. The van der Waals surface area contributed by atoms with E-state index in [9.17, 15) is 19.5 Å². The third-order valence-corrected chi connectivity index (χ3v) is 10.3. The van der Waals surface area contributed by atoms with Gasteiger partial charge in [0, 0.05) is 79.2 Å². The van der Waals surface area contributed by atoms with Crippen molar-refractivity contribution in [3.63, 3.8) is 0 Å². The summed E-state index contributed by atoms with van der Waals surface area (Å²) in [6.45, 7) is 2.92. The van der Waals surface area contributed by atoms with Crippen LogP contribution in [0, 0.1) is 5.82 Å². The molecule has 2 fully saturated rings. The summed E-state index contributed by atoms with van der Waals surface area (Å²) in [5, 5.41) is 20.8. The molecule has 5 aromatic rings. The lowest BCUT2D eigenvalue weighted by Crippen LogP contribution is -2.59. The summed E-state index contributed by atoms with van der Waals surface area (Å²) >= 11 is 14.0. The van der Waals surface area contributed by atoms with Crippen LogP contribution in [0.4, 0.5) is 9.18 Å². The maximum Gasteiger partial charge on any atom is 0.407 e. The number of ether oxygens (including phenoxy) is 2. The van der Waals surface area contributed by atoms with Gasteiger partial charge in [0.05, 0.1) is 40.6 Å². The van der Waals surface area contributed by atoms with Gasteiger partial charge >= 0.3 is 6.09 Å². The SMILES string of the molecule is COc1nc(-c2cccc(-c3cccc(-c4cc5c(=O)n(C)c(CN6CC(C)(O)C6)nn5c4)c3Cl)c2Cl)cc(F)c1COC(=O)NCC1CCC(=O)N1. The molecular weight excluding hydrogens is 728 g/mol. The van der Waals surface area contributed by atoms with Crippen LogP contribution in [0.5, 0.6) is 5.88 Å². The largest absolute Gasteiger partial charge is 0.481 e. The van der Waals surface area contributed by atoms with E-state index in [1.807, 2.05) is 23.1 Å². The molecule has 0 aliphatic carbocycles. The number of likely N-dealkylation sites (tertiary alicyclic amines) is 1. The minimum atomic E-state index is -0.776. The average Bonchev–Trinajstić information content (AvgIpc) is 3.74. The Bertz CT molecular complexity index is 2320. The molecule has 2 aromatic carbocycles. The van der Waals surface area contributed by atoms with Gasteiger partial charge in [0.15, 0.2) is 0 Å². The molecule has 2 saturated heterocycles. The van der Waals surface area contributed by atoms with Crippen LogP contribution >= 0.6 is 23.2 Å². The van der Waals surface area contributed by atoms with Gasteiger partial charge in [-0.2, -0.15) is 5.10 Å². The van der Waals surface area contributed by atoms with Crippen LogP contribution in [-0.4, -0.2) is 79.6 Å². The van der Waals surface area contributed by atoms with Gasteiger partial charge < -0.3 is 25.2 Å². The van der Waals surface area contributed by atoms with Crippen LogP contribution in [0.2, 0.25) is 10.0 Å². The molecule has 1 atom stereocenters. The molecular formula is C37H36Cl2FN7O6. The Labute approximate surface area is 313 Å². The Balaban J connectivity index is 1.14. The second-order valence-electron chi connectivity index (χ2n) is 13.6. The van der Waals surface area contributed by atoms with Gasteiger partial charge in [-0.25, -0.2) is 18.7 Å². The number of hydrogen-bond donors (Lipinski definition) is 3. The summed E-state index contributed by atoms with van der Waals surface area (Å²) in [5.41, 5.74) is 2.41. The van der Waals surface area contributed by atoms with E-state index in [0.29, 0.717) is 76.7 Å². The van der Waals surface area contributed by atoms with Crippen molar-refractivity contribution in [2.24, 2.45) is 7.05 Å². The number of aromatic nitrogens is 4.